The van der Waals surface area contributed by atoms with Crippen LogP contribution < -0.4 is 0 Å². The van der Waals surface area contributed by atoms with E-state index in [1.165, 1.54) is 0 Å². The quantitative estimate of drug-likeness (QED) is 0.814. The third kappa shape index (κ3) is 5.91. The van der Waals surface area contributed by atoms with Gasteiger partial charge in [0, 0.05) is 6.42 Å². The van der Waals surface area contributed by atoms with Crippen LogP contribution in [-0.2, 0) is 9.84 Å². The molecule has 0 aliphatic rings. The Morgan fingerprint density at radius 2 is 1.89 bits per heavy atom. The number of unbranched alkanes of at least 4 members (excludes halogenated alkanes) is 1. The predicted molar refractivity (Wildman–Crippen MR) is 76.4 cm³/mol. The second-order valence-electron chi connectivity index (χ2n) is 4.43. The summed E-state index contributed by atoms with van der Waals surface area (Å²) in [6.45, 7) is 2.06. The van der Waals surface area contributed by atoms with Gasteiger partial charge in [0.1, 0.15) is 5.75 Å². The highest BCUT2D eigenvalue weighted by Gasteiger charge is 2.11. The van der Waals surface area contributed by atoms with Gasteiger partial charge in [0.25, 0.3) is 0 Å². The van der Waals surface area contributed by atoms with Crippen molar-refractivity contribution in [2.45, 2.75) is 43.6 Å². The number of hydrogen-bond donors (Lipinski definition) is 1. The van der Waals surface area contributed by atoms with E-state index in [0.29, 0.717) is 6.42 Å². The Bertz CT molecular complexity index is 524. The lowest BCUT2D eigenvalue weighted by molar-refractivity contribution is 0.167. The molecule has 0 aliphatic heterocycles. The Morgan fingerprint density at radius 3 is 2.53 bits per heavy atom. The molecule has 0 spiro atoms. The summed E-state index contributed by atoms with van der Waals surface area (Å²) in [7, 11) is -3.33. The topological polar surface area (TPSA) is 54.4 Å². The minimum atomic E-state index is -3.33. The summed E-state index contributed by atoms with van der Waals surface area (Å²) in [5.41, 5.74) is 0. The number of benzene rings is 1. The monoisotopic (exact) mass is 280 g/mol. The van der Waals surface area contributed by atoms with E-state index >= 15 is 0 Å². The molecule has 19 heavy (non-hydrogen) atoms. The van der Waals surface area contributed by atoms with Crippen LogP contribution in [0.1, 0.15) is 32.6 Å². The molecule has 0 amide bonds. The maximum Gasteiger partial charge on any atom is 0.189 e. The fourth-order valence-corrected chi connectivity index (χ4v) is 2.62. The average Bonchev–Trinajstić information content (AvgIpc) is 2.42. The van der Waals surface area contributed by atoms with Gasteiger partial charge in [0.2, 0.25) is 0 Å². The summed E-state index contributed by atoms with van der Waals surface area (Å²) in [6.07, 6.45) is 2.60. The molecule has 0 saturated heterocycles. The molecular formula is C15H20O3S. The third-order valence-electron chi connectivity index (χ3n) is 2.72. The molecule has 1 atom stereocenters. The molecule has 1 aromatic rings. The lowest BCUT2D eigenvalue weighted by Crippen LogP contribution is -2.06. The van der Waals surface area contributed by atoms with E-state index in [4.69, 9.17) is 0 Å². The Balaban J connectivity index is 2.49. The minimum absolute atomic E-state index is 0.197. The number of sulfone groups is 1. The van der Waals surface area contributed by atoms with Crippen LogP contribution >= 0.6 is 0 Å². The largest absolute Gasteiger partial charge is 0.392 e. The van der Waals surface area contributed by atoms with E-state index in [2.05, 4.69) is 18.8 Å². The molecule has 0 heterocycles. The normalized spacial score (nSPS) is 12.5. The number of hydrogen-bond acceptors (Lipinski definition) is 3. The van der Waals surface area contributed by atoms with Crippen LogP contribution in [-0.4, -0.2) is 25.4 Å². The first kappa shape index (κ1) is 15.7. The summed E-state index contributed by atoms with van der Waals surface area (Å²) >= 11 is 0. The molecule has 0 aromatic heterocycles. The van der Waals surface area contributed by atoms with Crippen molar-refractivity contribution >= 4 is 9.84 Å². The van der Waals surface area contributed by atoms with Crippen LogP contribution in [0.25, 0.3) is 0 Å². The SMILES string of the molecule is CCCCC(O)CC#CCS(=O)(=O)c1ccccc1. The van der Waals surface area contributed by atoms with Gasteiger partial charge in [0.15, 0.2) is 9.84 Å². The van der Waals surface area contributed by atoms with Crippen molar-refractivity contribution < 1.29 is 13.5 Å². The summed E-state index contributed by atoms with van der Waals surface area (Å²) < 4.78 is 23.8. The molecule has 1 N–H and O–H groups in total. The highest BCUT2D eigenvalue weighted by atomic mass is 32.2. The highest BCUT2D eigenvalue weighted by molar-refractivity contribution is 7.91. The first-order valence-corrected chi connectivity index (χ1v) is 8.13. The molecule has 3 nitrogen and oxygen atoms in total. The minimum Gasteiger partial charge on any atom is -0.392 e. The zero-order chi connectivity index (χ0) is 14.1. The second-order valence-corrected chi connectivity index (χ2v) is 6.42. The fraction of sp³-hybridized carbons (Fsp3) is 0.467. The Kier molecular flexibility index (Phi) is 6.61. The zero-order valence-corrected chi connectivity index (χ0v) is 12.0. The van der Waals surface area contributed by atoms with E-state index in [1.807, 2.05) is 0 Å². The first-order chi connectivity index (χ1) is 9.06. The smallest absolute Gasteiger partial charge is 0.189 e. The van der Waals surface area contributed by atoms with Gasteiger partial charge in [-0.05, 0) is 18.6 Å². The van der Waals surface area contributed by atoms with Gasteiger partial charge in [-0.15, -0.1) is 0 Å². The highest BCUT2D eigenvalue weighted by Crippen LogP contribution is 2.09. The van der Waals surface area contributed by atoms with E-state index < -0.39 is 15.9 Å². The van der Waals surface area contributed by atoms with Crippen LogP contribution in [0, 0.1) is 11.8 Å². The molecular weight excluding hydrogens is 260 g/mol. The van der Waals surface area contributed by atoms with Crippen molar-refractivity contribution in [3.05, 3.63) is 30.3 Å². The van der Waals surface area contributed by atoms with Gasteiger partial charge < -0.3 is 5.11 Å². The molecule has 0 saturated carbocycles. The Labute approximate surface area is 115 Å². The second kappa shape index (κ2) is 7.98. The molecule has 4 heteroatoms. The summed E-state index contributed by atoms with van der Waals surface area (Å²) in [5.74, 6) is 5.18. The summed E-state index contributed by atoms with van der Waals surface area (Å²) in [6, 6.07) is 8.28. The Morgan fingerprint density at radius 1 is 1.21 bits per heavy atom. The molecule has 0 fully saturated rings. The van der Waals surface area contributed by atoms with Crippen LogP contribution in [0.3, 0.4) is 0 Å². The molecule has 0 radical (unpaired) electrons. The van der Waals surface area contributed by atoms with Crippen molar-refractivity contribution in [1.82, 2.24) is 0 Å². The van der Waals surface area contributed by atoms with Gasteiger partial charge in [-0.3, -0.25) is 0 Å². The number of aliphatic hydroxyl groups excluding tert-OH is 1. The van der Waals surface area contributed by atoms with Crippen LogP contribution in [0.15, 0.2) is 35.2 Å². The van der Waals surface area contributed by atoms with E-state index in [9.17, 15) is 13.5 Å². The summed E-state index contributed by atoms with van der Waals surface area (Å²) in [5, 5.41) is 9.57. The molecule has 0 aliphatic carbocycles. The standard InChI is InChI=1S/C15H20O3S/c1-2-3-9-14(16)10-7-8-13-19(17,18)15-11-5-4-6-12-15/h4-6,11-12,14,16H,2-3,9-10,13H2,1H3. The van der Waals surface area contributed by atoms with E-state index in [1.54, 1.807) is 30.3 Å². The molecule has 1 rings (SSSR count). The van der Waals surface area contributed by atoms with Crippen molar-refractivity contribution in [3.63, 3.8) is 0 Å². The van der Waals surface area contributed by atoms with Crippen molar-refractivity contribution in [3.8, 4) is 11.8 Å². The van der Waals surface area contributed by atoms with Gasteiger partial charge in [-0.1, -0.05) is 49.8 Å². The Hall–Kier alpha value is -1.31. The van der Waals surface area contributed by atoms with Gasteiger partial charge >= 0.3 is 0 Å². The maximum atomic E-state index is 11.9. The lowest BCUT2D eigenvalue weighted by atomic mass is 10.1. The predicted octanol–water partition coefficient (Wildman–Crippen LogP) is 2.40. The summed E-state index contributed by atoms with van der Waals surface area (Å²) in [4.78, 5) is 0.288. The number of rotatable bonds is 6. The lowest BCUT2D eigenvalue weighted by Gasteiger charge is -2.04. The van der Waals surface area contributed by atoms with Crippen LogP contribution in [0.2, 0.25) is 0 Å². The molecule has 1 aromatic carbocycles. The fourth-order valence-electron chi connectivity index (χ4n) is 1.59. The maximum absolute atomic E-state index is 11.9. The van der Waals surface area contributed by atoms with E-state index in [0.717, 1.165) is 19.3 Å². The van der Waals surface area contributed by atoms with Gasteiger partial charge in [0.05, 0.1) is 11.0 Å². The average molecular weight is 280 g/mol. The van der Waals surface area contributed by atoms with Crippen molar-refractivity contribution in [2.75, 3.05) is 5.75 Å². The third-order valence-corrected chi connectivity index (χ3v) is 4.23. The molecule has 1 unspecified atom stereocenters. The van der Waals surface area contributed by atoms with Crippen molar-refractivity contribution in [2.24, 2.45) is 0 Å². The van der Waals surface area contributed by atoms with E-state index in [-0.39, 0.29) is 10.6 Å². The van der Waals surface area contributed by atoms with Crippen molar-refractivity contribution in [1.29, 1.82) is 0 Å². The molecule has 104 valence electrons. The van der Waals surface area contributed by atoms with Crippen LogP contribution in [0.5, 0.6) is 0 Å². The van der Waals surface area contributed by atoms with Crippen LogP contribution in [0.4, 0.5) is 0 Å². The van der Waals surface area contributed by atoms with Gasteiger partial charge in [-0.2, -0.15) is 0 Å². The number of aliphatic hydroxyl groups is 1. The zero-order valence-electron chi connectivity index (χ0n) is 11.2. The molecule has 0 bridgehead atoms. The van der Waals surface area contributed by atoms with Gasteiger partial charge in [-0.25, -0.2) is 8.42 Å². The first-order valence-electron chi connectivity index (χ1n) is 6.48.